The van der Waals surface area contributed by atoms with Gasteiger partial charge in [-0.25, -0.2) is 4.79 Å². The maximum atomic E-state index is 12.8. The maximum Gasteiger partial charge on any atom is 0.416 e. The lowest BCUT2D eigenvalue weighted by molar-refractivity contribution is -0.137. The number of amides is 3. The van der Waals surface area contributed by atoms with E-state index in [4.69, 9.17) is 9.47 Å². The van der Waals surface area contributed by atoms with Gasteiger partial charge in [0.1, 0.15) is 0 Å². The van der Waals surface area contributed by atoms with E-state index in [1.165, 1.54) is 12.1 Å². The molecule has 0 saturated carbocycles. The van der Waals surface area contributed by atoms with Crippen molar-refractivity contribution in [1.29, 1.82) is 0 Å². The van der Waals surface area contributed by atoms with Crippen LogP contribution in [-0.2, 0) is 11.0 Å². The number of urea groups is 1. The Morgan fingerprint density at radius 3 is 2.73 bits per heavy atom. The van der Waals surface area contributed by atoms with Gasteiger partial charge in [-0.3, -0.25) is 4.79 Å². The summed E-state index contributed by atoms with van der Waals surface area (Å²) in [5.41, 5.74) is -0.131. The molecule has 4 rings (SSSR count). The highest BCUT2D eigenvalue weighted by atomic mass is 19.4. The summed E-state index contributed by atoms with van der Waals surface area (Å²) in [5.74, 6) is 0.978. The molecule has 0 aromatic heterocycles. The Kier molecular flexibility index (Phi) is 5.15. The van der Waals surface area contributed by atoms with Crippen molar-refractivity contribution >= 4 is 23.3 Å². The highest BCUT2D eigenvalue weighted by molar-refractivity contribution is 5.96. The second-order valence-corrected chi connectivity index (χ2v) is 7.03. The van der Waals surface area contributed by atoms with Crippen molar-refractivity contribution in [3.63, 3.8) is 0 Å². The largest absolute Gasteiger partial charge is 0.454 e. The molecule has 0 bridgehead atoms. The Labute approximate surface area is 169 Å². The first-order chi connectivity index (χ1) is 14.3. The predicted octanol–water partition coefficient (Wildman–Crippen LogP) is 3.61. The number of halogens is 3. The molecule has 2 aromatic rings. The molecule has 2 aromatic carbocycles. The van der Waals surface area contributed by atoms with Gasteiger partial charge in [-0.1, -0.05) is 6.07 Å². The number of hydrogen-bond acceptors (Lipinski definition) is 4. The molecule has 7 nitrogen and oxygen atoms in total. The number of ether oxygens (including phenoxy) is 2. The van der Waals surface area contributed by atoms with E-state index in [0.717, 1.165) is 12.1 Å². The Morgan fingerprint density at radius 1 is 1.13 bits per heavy atom. The first-order valence-corrected chi connectivity index (χ1v) is 9.22. The number of nitrogens with one attached hydrogen (secondary N) is 2. The van der Waals surface area contributed by atoms with Gasteiger partial charge in [0.15, 0.2) is 11.5 Å². The third-order valence-corrected chi connectivity index (χ3v) is 4.87. The van der Waals surface area contributed by atoms with E-state index in [0.29, 0.717) is 23.7 Å². The number of alkyl halides is 3. The quantitative estimate of drug-likeness (QED) is 0.791. The van der Waals surface area contributed by atoms with Crippen LogP contribution in [0.4, 0.5) is 29.3 Å². The summed E-state index contributed by atoms with van der Waals surface area (Å²) in [6.07, 6.45) is -4.24. The van der Waals surface area contributed by atoms with Gasteiger partial charge in [0.2, 0.25) is 12.7 Å². The molecule has 1 atom stereocenters. The average Bonchev–Trinajstić information content (AvgIpc) is 3.31. The minimum Gasteiger partial charge on any atom is -0.454 e. The fraction of sp³-hybridized carbons (Fsp3) is 0.300. The Balaban J connectivity index is 1.31. The van der Waals surface area contributed by atoms with Crippen molar-refractivity contribution in [3.8, 4) is 11.5 Å². The van der Waals surface area contributed by atoms with E-state index in [9.17, 15) is 22.8 Å². The van der Waals surface area contributed by atoms with Crippen LogP contribution in [0.3, 0.4) is 0 Å². The fourth-order valence-corrected chi connectivity index (χ4v) is 3.41. The standard InChI is InChI=1S/C20H18F3N3O4/c21-20(22,23)13-2-1-3-14(7-13)25-19(28)24-9-12-6-18(27)26(10-12)15-4-5-16-17(8-15)30-11-29-16/h1-5,7-8,12H,6,9-11H2,(H2,24,25,28)/t12-/m0/s1. The van der Waals surface area contributed by atoms with Gasteiger partial charge in [0.05, 0.1) is 5.56 Å². The minimum atomic E-state index is -4.49. The summed E-state index contributed by atoms with van der Waals surface area (Å²) >= 11 is 0. The van der Waals surface area contributed by atoms with Gasteiger partial charge < -0.3 is 25.0 Å². The van der Waals surface area contributed by atoms with E-state index in [1.807, 2.05) is 0 Å². The molecular formula is C20H18F3N3O4. The average molecular weight is 421 g/mol. The second-order valence-electron chi connectivity index (χ2n) is 7.03. The van der Waals surface area contributed by atoms with Crippen molar-refractivity contribution in [2.24, 2.45) is 5.92 Å². The van der Waals surface area contributed by atoms with E-state index in [-0.39, 0.29) is 37.3 Å². The molecule has 0 aliphatic carbocycles. The molecule has 10 heteroatoms. The van der Waals surface area contributed by atoms with Crippen LogP contribution < -0.4 is 25.0 Å². The molecule has 158 valence electrons. The van der Waals surface area contributed by atoms with Crippen molar-refractivity contribution in [2.45, 2.75) is 12.6 Å². The maximum absolute atomic E-state index is 12.8. The molecule has 2 aliphatic heterocycles. The number of anilines is 2. The van der Waals surface area contributed by atoms with Crippen molar-refractivity contribution in [3.05, 3.63) is 48.0 Å². The summed E-state index contributed by atoms with van der Waals surface area (Å²) < 4.78 is 48.9. The van der Waals surface area contributed by atoms with E-state index in [1.54, 1.807) is 23.1 Å². The molecule has 0 unspecified atom stereocenters. The van der Waals surface area contributed by atoms with Gasteiger partial charge in [0.25, 0.3) is 0 Å². The smallest absolute Gasteiger partial charge is 0.416 e. The second kappa shape index (κ2) is 7.77. The SMILES string of the molecule is O=C(NC[C@@H]1CC(=O)N(c2ccc3c(c2)OCO3)C1)Nc1cccc(C(F)(F)F)c1. The monoisotopic (exact) mass is 421 g/mol. The van der Waals surface area contributed by atoms with Crippen molar-refractivity contribution in [2.75, 3.05) is 30.1 Å². The van der Waals surface area contributed by atoms with E-state index in [2.05, 4.69) is 10.6 Å². The van der Waals surface area contributed by atoms with Crippen molar-refractivity contribution < 1.29 is 32.2 Å². The lowest BCUT2D eigenvalue weighted by Crippen LogP contribution is -2.34. The third-order valence-electron chi connectivity index (χ3n) is 4.87. The zero-order chi connectivity index (χ0) is 21.3. The van der Waals surface area contributed by atoms with E-state index < -0.39 is 17.8 Å². The molecule has 2 heterocycles. The van der Waals surface area contributed by atoms with Gasteiger partial charge in [0, 0.05) is 42.9 Å². The molecule has 0 radical (unpaired) electrons. The minimum absolute atomic E-state index is 0.0341. The fourth-order valence-electron chi connectivity index (χ4n) is 3.41. The van der Waals surface area contributed by atoms with Crippen molar-refractivity contribution in [1.82, 2.24) is 5.32 Å². The zero-order valence-corrected chi connectivity index (χ0v) is 15.7. The van der Waals surface area contributed by atoms with Crippen LogP contribution in [0.5, 0.6) is 11.5 Å². The summed E-state index contributed by atoms with van der Waals surface area (Å²) in [7, 11) is 0. The zero-order valence-electron chi connectivity index (χ0n) is 15.7. The molecule has 0 spiro atoms. The number of benzene rings is 2. The van der Waals surface area contributed by atoms with Gasteiger partial charge in [-0.15, -0.1) is 0 Å². The lowest BCUT2D eigenvalue weighted by Gasteiger charge is -2.17. The number of hydrogen-bond donors (Lipinski definition) is 2. The topological polar surface area (TPSA) is 79.9 Å². The summed E-state index contributed by atoms with van der Waals surface area (Å²) in [6, 6.07) is 8.98. The first-order valence-electron chi connectivity index (χ1n) is 9.22. The van der Waals surface area contributed by atoms with Crippen LogP contribution >= 0.6 is 0 Å². The number of carbonyl (C=O) groups is 2. The van der Waals surface area contributed by atoms with Crippen LogP contribution in [0.25, 0.3) is 0 Å². The van der Waals surface area contributed by atoms with Crippen LogP contribution in [-0.4, -0.2) is 31.8 Å². The molecule has 2 aliphatic rings. The molecule has 2 N–H and O–H groups in total. The Morgan fingerprint density at radius 2 is 1.93 bits per heavy atom. The van der Waals surface area contributed by atoms with Crippen LogP contribution in [0.2, 0.25) is 0 Å². The van der Waals surface area contributed by atoms with Gasteiger partial charge in [-0.2, -0.15) is 13.2 Å². The Bertz CT molecular complexity index is 980. The summed E-state index contributed by atoms with van der Waals surface area (Å²) in [4.78, 5) is 26.0. The lowest BCUT2D eigenvalue weighted by atomic mass is 10.1. The molecule has 1 saturated heterocycles. The predicted molar refractivity (Wildman–Crippen MR) is 101 cm³/mol. The number of rotatable bonds is 4. The normalized spacial score (nSPS) is 17.9. The molecule has 1 fully saturated rings. The number of carbonyl (C=O) groups excluding carboxylic acids is 2. The third kappa shape index (κ3) is 4.27. The highest BCUT2D eigenvalue weighted by Crippen LogP contribution is 2.37. The van der Waals surface area contributed by atoms with Gasteiger partial charge in [-0.05, 0) is 30.3 Å². The first kappa shape index (κ1) is 19.9. The van der Waals surface area contributed by atoms with Crippen LogP contribution in [0.1, 0.15) is 12.0 Å². The number of nitrogens with zero attached hydrogens (tertiary/aromatic N) is 1. The molecule has 3 amide bonds. The molecule has 30 heavy (non-hydrogen) atoms. The summed E-state index contributed by atoms with van der Waals surface area (Å²) in [6.45, 7) is 0.750. The summed E-state index contributed by atoms with van der Waals surface area (Å²) in [5, 5.41) is 4.99. The number of fused-ring (bicyclic) bond motifs is 1. The van der Waals surface area contributed by atoms with E-state index >= 15 is 0 Å². The van der Waals surface area contributed by atoms with Crippen LogP contribution in [0.15, 0.2) is 42.5 Å². The van der Waals surface area contributed by atoms with Gasteiger partial charge >= 0.3 is 12.2 Å². The van der Waals surface area contributed by atoms with Crippen LogP contribution in [0, 0.1) is 5.92 Å². The highest BCUT2D eigenvalue weighted by Gasteiger charge is 2.32. The Hall–Kier alpha value is -3.43. The molecular weight excluding hydrogens is 403 g/mol.